The van der Waals surface area contributed by atoms with E-state index in [0.29, 0.717) is 97.2 Å². The van der Waals surface area contributed by atoms with Crippen LogP contribution < -0.4 is 53.1 Å². The van der Waals surface area contributed by atoms with Gasteiger partial charge in [0.2, 0.25) is 13.6 Å². The highest BCUT2D eigenvalue weighted by Gasteiger charge is 2.59. The van der Waals surface area contributed by atoms with E-state index in [1.165, 1.54) is 5.56 Å². The van der Waals surface area contributed by atoms with Gasteiger partial charge in [-0.15, -0.1) is 0 Å². The van der Waals surface area contributed by atoms with Crippen LogP contribution in [0.2, 0.25) is 0 Å². The van der Waals surface area contributed by atoms with Crippen LogP contribution >= 0.6 is 0 Å². The van der Waals surface area contributed by atoms with Gasteiger partial charge in [-0.1, -0.05) is 37.4 Å². The van der Waals surface area contributed by atoms with E-state index >= 15 is 0 Å². The Morgan fingerprint density at radius 3 is 1.38 bits per heavy atom. The van der Waals surface area contributed by atoms with Gasteiger partial charge >= 0.3 is 0 Å². The average molecular weight is 1130 g/mol. The number of benzene rings is 4. The normalized spacial score (nSPS) is 25.9. The molecule has 4 aromatic carbocycles. The molecule has 10 atom stereocenters. The minimum atomic E-state index is -0.494. The second kappa shape index (κ2) is 23.0. The molecule has 12 rings (SSSR count). The first-order valence-corrected chi connectivity index (χ1v) is 27.9. The standard InChI is InChI=1S/C31H38N4O6.C31H37N3O7/c1-7-8-38-28-17(3)29-31(41-15-40-29)25-19(28)11-21-26-24-18(9-16(2)27(37-6)30(24)39-14-36-5)10-20(34(26)4)22(12-32)35(21)23(25)13-33;1-7-8-38-28-17(3)29-31(41-15-40-29)25-19(28)11-21-26-24-18(9-16(2)27(37-6)30(24)39-14-36-5)10-20(33(26)4)22(12-32)34(21)23(25)13-35/h7,9,20-23,26H,1,8,10-11,13-15,33H2,2-6H3;7,9,20-23,26,35H,1,8,10-11,13-15H2,2-6H3/t2*20-,21?,22-,23-,26-/m00/s1. The molecule has 0 amide bonds. The van der Waals surface area contributed by atoms with E-state index in [0.717, 1.165) is 66.9 Å². The van der Waals surface area contributed by atoms with Crippen LogP contribution in [-0.2, 0) is 35.2 Å². The van der Waals surface area contributed by atoms with Gasteiger partial charge in [0.05, 0.1) is 57.1 Å². The Bertz CT molecular complexity index is 3050. The average Bonchev–Trinajstić information content (AvgIpc) is 4.08. The number of ether oxygens (including phenoxy) is 12. The fraction of sp³-hybridized carbons (Fsp3) is 0.516. The van der Waals surface area contributed by atoms with Crippen molar-refractivity contribution in [2.45, 2.75) is 114 Å². The molecular weight excluding hydrogens is 1050 g/mol. The number of aliphatic hydroxyl groups is 1. The summed E-state index contributed by atoms with van der Waals surface area (Å²) < 4.78 is 71.3. The summed E-state index contributed by atoms with van der Waals surface area (Å²) in [5.41, 5.74) is 18.5. The molecule has 0 aromatic heterocycles. The van der Waals surface area contributed by atoms with Gasteiger partial charge in [0, 0.05) is 89.4 Å². The predicted molar refractivity (Wildman–Crippen MR) is 302 cm³/mol. The molecule has 20 heteroatoms. The Hall–Kier alpha value is -6.98. The number of piperazine rings is 2. The first-order valence-electron chi connectivity index (χ1n) is 27.9. The van der Waals surface area contributed by atoms with Crippen molar-refractivity contribution < 1.29 is 61.9 Å². The van der Waals surface area contributed by atoms with Crippen LogP contribution in [0, 0.1) is 50.4 Å². The Labute approximate surface area is 479 Å². The Morgan fingerprint density at radius 1 is 0.585 bits per heavy atom. The molecule has 0 radical (unpaired) electrons. The van der Waals surface area contributed by atoms with Crippen LogP contribution in [0.4, 0.5) is 0 Å². The number of fused-ring (bicyclic) bond motifs is 18. The van der Waals surface area contributed by atoms with E-state index in [4.69, 9.17) is 62.6 Å². The van der Waals surface area contributed by atoms with Gasteiger partial charge in [0.1, 0.15) is 36.8 Å². The molecule has 2 fully saturated rings. The third kappa shape index (κ3) is 8.67. The number of rotatable bonds is 16. The third-order valence-corrected chi connectivity index (χ3v) is 18.2. The summed E-state index contributed by atoms with van der Waals surface area (Å²) in [7, 11) is 10.7. The molecular formula is C62H75N7O13. The van der Waals surface area contributed by atoms with Crippen molar-refractivity contribution in [3.8, 4) is 69.6 Å². The van der Waals surface area contributed by atoms with Gasteiger partial charge in [0.25, 0.3) is 0 Å². The van der Waals surface area contributed by atoms with Crippen molar-refractivity contribution in [3.05, 3.63) is 104 Å². The van der Waals surface area contributed by atoms with Crippen LogP contribution in [0.3, 0.4) is 0 Å². The van der Waals surface area contributed by atoms with Gasteiger partial charge in [-0.3, -0.25) is 19.6 Å². The van der Waals surface area contributed by atoms with Gasteiger partial charge in [0.15, 0.2) is 59.6 Å². The van der Waals surface area contributed by atoms with Crippen LogP contribution in [0.5, 0.6) is 57.5 Å². The van der Waals surface area contributed by atoms with E-state index < -0.39 is 18.1 Å². The van der Waals surface area contributed by atoms with E-state index in [1.807, 2.05) is 27.7 Å². The Morgan fingerprint density at radius 2 is 1.00 bits per heavy atom. The molecule has 4 bridgehead atoms. The first kappa shape index (κ1) is 56.9. The Kier molecular flexibility index (Phi) is 15.9. The topological polar surface area (TPSA) is 218 Å². The summed E-state index contributed by atoms with van der Waals surface area (Å²) in [4.78, 5) is 9.16. The van der Waals surface area contributed by atoms with Crippen molar-refractivity contribution in [2.24, 2.45) is 5.73 Å². The number of aryl methyl sites for hydroxylation is 2. The van der Waals surface area contributed by atoms with E-state index in [9.17, 15) is 15.6 Å². The largest absolute Gasteiger partial charge is 0.493 e. The highest BCUT2D eigenvalue weighted by Crippen LogP contribution is 2.61. The van der Waals surface area contributed by atoms with E-state index in [2.05, 4.69) is 71.1 Å². The molecule has 8 aliphatic heterocycles. The third-order valence-electron chi connectivity index (χ3n) is 18.2. The highest BCUT2D eigenvalue weighted by atomic mass is 16.7. The number of methoxy groups -OCH3 is 4. The smallest absolute Gasteiger partial charge is 0.231 e. The number of hydrogen-bond acceptors (Lipinski definition) is 20. The number of likely N-dealkylation sites (N-methyl/N-ethyl adjacent to an activating group) is 2. The van der Waals surface area contributed by atoms with Gasteiger partial charge in [-0.2, -0.15) is 10.5 Å². The molecule has 0 spiro atoms. The van der Waals surface area contributed by atoms with Crippen LogP contribution in [-0.4, -0.2) is 157 Å². The second-order valence-corrected chi connectivity index (χ2v) is 22.2. The quantitative estimate of drug-likeness (QED) is 0.0884. The molecule has 3 N–H and O–H groups in total. The van der Waals surface area contributed by atoms with Crippen LogP contribution in [0.15, 0.2) is 37.4 Å². The van der Waals surface area contributed by atoms with Gasteiger partial charge < -0.3 is 67.7 Å². The minimum Gasteiger partial charge on any atom is -0.493 e. The lowest BCUT2D eigenvalue weighted by atomic mass is 9.71. The van der Waals surface area contributed by atoms with Crippen molar-refractivity contribution in [3.63, 3.8) is 0 Å². The number of nitriles is 2. The highest BCUT2D eigenvalue weighted by molar-refractivity contribution is 5.69. The fourth-order valence-electron chi connectivity index (χ4n) is 15.2. The molecule has 82 heavy (non-hydrogen) atoms. The zero-order valence-corrected chi connectivity index (χ0v) is 48.6. The van der Waals surface area contributed by atoms with Crippen molar-refractivity contribution in [1.82, 2.24) is 19.6 Å². The lowest BCUT2D eigenvalue weighted by molar-refractivity contribution is -0.0832. The van der Waals surface area contributed by atoms with Crippen molar-refractivity contribution in [1.29, 1.82) is 10.5 Å². The summed E-state index contributed by atoms with van der Waals surface area (Å²) in [6, 6.07) is 7.30. The SMILES string of the molecule is C=CCOc1c(C)c2c(c3c1CC1[C@H]4c5c(cc(C)c(OC)c5OCOC)C[C@@H]([C@H](C#N)N1[C@H]3CN)N4C)OCO2.C=CCOc1c(C)c2c(c3c1CC1[C@H]4c5c(cc(C)c(OC)c5OCOC)C[C@@H]([C@H](C#N)N1[C@H]3CO)N4C)OCO2. The molecule has 2 saturated heterocycles. The first-order chi connectivity index (χ1) is 39.8. The van der Waals surface area contributed by atoms with Gasteiger partial charge in [-0.25, -0.2) is 0 Å². The molecule has 2 unspecified atom stereocenters. The second-order valence-electron chi connectivity index (χ2n) is 22.2. The molecule has 436 valence electrons. The van der Waals surface area contributed by atoms with Gasteiger partial charge in [-0.05, 0) is 89.7 Å². The Balaban J connectivity index is 0.000000172. The minimum absolute atomic E-state index is 0.0421. The summed E-state index contributed by atoms with van der Waals surface area (Å²) in [5.74, 6) is 6.85. The number of hydrogen-bond donors (Lipinski definition) is 2. The zero-order valence-electron chi connectivity index (χ0n) is 48.6. The van der Waals surface area contributed by atoms with Crippen LogP contribution in [0.1, 0.15) is 90.9 Å². The fourth-order valence-corrected chi connectivity index (χ4v) is 15.2. The molecule has 20 nitrogen and oxygen atoms in total. The predicted octanol–water partition coefficient (Wildman–Crippen LogP) is 6.67. The maximum atomic E-state index is 11.0. The summed E-state index contributed by atoms with van der Waals surface area (Å²) in [5, 5.41) is 32.3. The maximum absolute atomic E-state index is 11.0. The van der Waals surface area contributed by atoms with Crippen molar-refractivity contribution in [2.75, 3.05) is 96.1 Å². The lowest BCUT2D eigenvalue weighted by Gasteiger charge is -2.60. The van der Waals surface area contributed by atoms with Crippen LogP contribution in [0.25, 0.3) is 0 Å². The van der Waals surface area contributed by atoms with Crippen molar-refractivity contribution >= 4 is 0 Å². The number of aliphatic hydroxyl groups excluding tert-OH is 1. The van der Waals surface area contributed by atoms with E-state index in [-0.39, 0.29) is 76.1 Å². The van der Waals surface area contributed by atoms with E-state index in [1.54, 1.807) is 40.6 Å². The molecule has 4 aromatic rings. The lowest BCUT2D eigenvalue weighted by Crippen LogP contribution is -2.68. The summed E-state index contributed by atoms with van der Waals surface area (Å²) in [6.07, 6.45) is 5.99. The molecule has 0 aliphatic carbocycles. The molecule has 0 saturated carbocycles. The summed E-state index contributed by atoms with van der Waals surface area (Å²) in [6.45, 7) is 16.9. The number of nitrogens with zero attached hydrogens (tertiary/aromatic N) is 6. The molecule has 8 heterocycles. The molecule has 8 aliphatic rings. The summed E-state index contributed by atoms with van der Waals surface area (Å²) >= 11 is 0. The monoisotopic (exact) mass is 1130 g/mol. The zero-order chi connectivity index (χ0) is 58.0. The number of nitrogens with two attached hydrogens (primary N) is 1. The maximum Gasteiger partial charge on any atom is 0.231 e.